The average Bonchev–Trinajstić information content (AvgIpc) is 2.44. The van der Waals surface area contributed by atoms with Gasteiger partial charge in [0.05, 0.1) is 6.10 Å². The lowest BCUT2D eigenvalue weighted by atomic mass is 10.2. The second kappa shape index (κ2) is 10.5. The van der Waals surface area contributed by atoms with E-state index in [0.717, 1.165) is 0 Å². The maximum Gasteiger partial charge on any atom is 0.302 e. The highest BCUT2D eigenvalue weighted by molar-refractivity contribution is 6.74. The van der Waals surface area contributed by atoms with Crippen LogP contribution in [0.15, 0.2) is 24.3 Å². The molecular formula is C18H32O6Si. The van der Waals surface area contributed by atoms with E-state index in [2.05, 4.69) is 33.9 Å². The number of rotatable bonds is 9. The zero-order chi connectivity index (χ0) is 19.7. The van der Waals surface area contributed by atoms with Crippen LogP contribution in [0.5, 0.6) is 0 Å². The Hall–Kier alpha value is -1.44. The van der Waals surface area contributed by atoms with Crippen molar-refractivity contribution < 1.29 is 28.6 Å². The van der Waals surface area contributed by atoms with Gasteiger partial charge < -0.3 is 19.0 Å². The van der Waals surface area contributed by atoms with Gasteiger partial charge in [0.15, 0.2) is 8.32 Å². The predicted molar refractivity (Wildman–Crippen MR) is 99.6 cm³/mol. The van der Waals surface area contributed by atoms with Crippen molar-refractivity contribution in [1.82, 2.24) is 0 Å². The van der Waals surface area contributed by atoms with Crippen molar-refractivity contribution in [2.24, 2.45) is 0 Å². The Kier molecular flexibility index (Phi) is 9.92. The lowest BCUT2D eigenvalue weighted by Gasteiger charge is -2.39. The molecule has 0 aliphatic carbocycles. The minimum atomic E-state index is -2.12. The molecule has 0 rings (SSSR count). The molecule has 0 saturated carbocycles. The molecule has 1 N–H and O–H groups in total. The Morgan fingerprint density at radius 2 is 1.44 bits per heavy atom. The van der Waals surface area contributed by atoms with Gasteiger partial charge in [0.1, 0.15) is 19.3 Å². The van der Waals surface area contributed by atoms with Gasteiger partial charge in [-0.05, 0) is 30.3 Å². The van der Waals surface area contributed by atoms with Gasteiger partial charge in [-0.3, -0.25) is 9.59 Å². The molecule has 0 aliphatic rings. The fourth-order valence-corrected chi connectivity index (χ4v) is 2.82. The van der Waals surface area contributed by atoms with Gasteiger partial charge in [0, 0.05) is 13.8 Å². The predicted octanol–water partition coefficient (Wildman–Crippen LogP) is 2.98. The van der Waals surface area contributed by atoms with Gasteiger partial charge in [0.25, 0.3) is 0 Å². The normalized spacial score (nSPS) is 15.4. The molecular weight excluding hydrogens is 340 g/mol. The standard InChI is InChI=1S/C18H32O6Si/c1-14(19)22-12-8-10-16(21)17(11-9-13-23-15(2)20)24-25(6,7)18(3,4)5/h8-11,16-17,21H,12-13H2,1-7H3. The van der Waals surface area contributed by atoms with Crippen LogP contribution in [0.4, 0.5) is 0 Å². The van der Waals surface area contributed by atoms with E-state index in [-0.39, 0.29) is 30.2 Å². The first kappa shape index (κ1) is 23.6. The zero-order valence-electron chi connectivity index (χ0n) is 16.4. The molecule has 0 radical (unpaired) electrons. The van der Waals surface area contributed by atoms with Crippen LogP contribution in [-0.2, 0) is 23.5 Å². The Labute approximate surface area is 152 Å². The number of hydrogen-bond donors (Lipinski definition) is 1. The van der Waals surface area contributed by atoms with Crippen molar-refractivity contribution in [1.29, 1.82) is 0 Å². The highest BCUT2D eigenvalue weighted by atomic mass is 28.4. The van der Waals surface area contributed by atoms with E-state index < -0.39 is 20.5 Å². The molecule has 0 aromatic heterocycles. The van der Waals surface area contributed by atoms with Crippen molar-refractivity contribution in [3.05, 3.63) is 24.3 Å². The molecule has 6 nitrogen and oxygen atoms in total. The summed E-state index contributed by atoms with van der Waals surface area (Å²) < 4.78 is 15.9. The van der Waals surface area contributed by atoms with Gasteiger partial charge in [-0.2, -0.15) is 0 Å². The lowest BCUT2D eigenvalue weighted by Crippen LogP contribution is -2.46. The molecule has 0 fully saturated rings. The lowest BCUT2D eigenvalue weighted by molar-refractivity contribution is -0.140. The van der Waals surface area contributed by atoms with Gasteiger partial charge in [-0.15, -0.1) is 0 Å². The SMILES string of the molecule is CC(=O)OCC=CC(O)C(C=CCOC(C)=O)O[Si](C)(C)C(C)(C)C. The largest absolute Gasteiger partial charge is 0.462 e. The molecule has 0 amide bonds. The number of hydrogen-bond acceptors (Lipinski definition) is 6. The summed E-state index contributed by atoms with van der Waals surface area (Å²) in [5.74, 6) is -0.747. The Morgan fingerprint density at radius 3 is 1.84 bits per heavy atom. The van der Waals surface area contributed by atoms with E-state index in [1.807, 2.05) is 0 Å². The number of aliphatic hydroxyl groups is 1. The van der Waals surface area contributed by atoms with Crippen LogP contribution in [0, 0.1) is 0 Å². The van der Waals surface area contributed by atoms with E-state index >= 15 is 0 Å². The zero-order valence-corrected chi connectivity index (χ0v) is 17.4. The highest BCUT2D eigenvalue weighted by Gasteiger charge is 2.39. The number of carbonyl (C=O) groups excluding carboxylic acids is 2. The summed E-state index contributed by atoms with van der Waals surface area (Å²) in [4.78, 5) is 21.6. The minimum absolute atomic E-state index is 0.0177. The number of esters is 2. The van der Waals surface area contributed by atoms with Crippen LogP contribution in [0.2, 0.25) is 18.1 Å². The van der Waals surface area contributed by atoms with Crippen LogP contribution in [-0.4, -0.2) is 50.8 Å². The molecule has 0 bridgehead atoms. The molecule has 2 unspecified atom stereocenters. The first-order valence-corrected chi connectivity index (χ1v) is 11.2. The monoisotopic (exact) mass is 372 g/mol. The Bertz CT molecular complexity index is 490. The fourth-order valence-electron chi connectivity index (χ4n) is 1.56. The molecule has 2 atom stereocenters. The number of ether oxygens (including phenoxy) is 2. The van der Waals surface area contributed by atoms with E-state index in [9.17, 15) is 14.7 Å². The molecule has 0 spiro atoms. The van der Waals surface area contributed by atoms with Crippen molar-refractivity contribution in [3.63, 3.8) is 0 Å². The molecule has 0 saturated heterocycles. The Morgan fingerprint density at radius 1 is 1.00 bits per heavy atom. The topological polar surface area (TPSA) is 82.1 Å². The van der Waals surface area contributed by atoms with Crippen molar-refractivity contribution in [2.75, 3.05) is 13.2 Å². The van der Waals surface area contributed by atoms with E-state index in [0.29, 0.717) is 0 Å². The average molecular weight is 373 g/mol. The van der Waals surface area contributed by atoms with E-state index in [1.165, 1.54) is 19.9 Å². The smallest absolute Gasteiger partial charge is 0.302 e. The van der Waals surface area contributed by atoms with Gasteiger partial charge >= 0.3 is 11.9 Å². The minimum Gasteiger partial charge on any atom is -0.462 e. The van der Waals surface area contributed by atoms with Crippen molar-refractivity contribution in [2.45, 2.75) is 65.0 Å². The molecule has 0 aromatic rings. The molecule has 144 valence electrons. The summed E-state index contributed by atoms with van der Waals surface area (Å²) in [5.41, 5.74) is 0. The maximum absolute atomic E-state index is 10.8. The number of aliphatic hydroxyl groups excluding tert-OH is 1. The third kappa shape index (κ3) is 10.2. The second-order valence-electron chi connectivity index (χ2n) is 7.29. The van der Waals surface area contributed by atoms with Crippen LogP contribution in [0.3, 0.4) is 0 Å². The van der Waals surface area contributed by atoms with Crippen LogP contribution < -0.4 is 0 Å². The first-order chi connectivity index (χ1) is 11.4. The fraction of sp³-hybridized carbons (Fsp3) is 0.667. The van der Waals surface area contributed by atoms with Gasteiger partial charge in [0.2, 0.25) is 0 Å². The van der Waals surface area contributed by atoms with Gasteiger partial charge in [-0.1, -0.05) is 32.9 Å². The summed E-state index contributed by atoms with van der Waals surface area (Å²) in [5, 5.41) is 10.4. The van der Waals surface area contributed by atoms with Crippen LogP contribution in [0.25, 0.3) is 0 Å². The summed E-state index contributed by atoms with van der Waals surface area (Å²) in [6, 6.07) is 0. The second-order valence-corrected chi connectivity index (χ2v) is 12.1. The van der Waals surface area contributed by atoms with Crippen LogP contribution >= 0.6 is 0 Å². The molecule has 0 aromatic carbocycles. The van der Waals surface area contributed by atoms with Gasteiger partial charge in [-0.25, -0.2) is 0 Å². The maximum atomic E-state index is 10.8. The third-order valence-corrected chi connectivity index (χ3v) is 8.47. The van der Waals surface area contributed by atoms with E-state index in [1.54, 1.807) is 18.2 Å². The summed E-state index contributed by atoms with van der Waals surface area (Å²) in [6.45, 7) is 13.4. The van der Waals surface area contributed by atoms with E-state index in [4.69, 9.17) is 13.9 Å². The molecule has 0 aliphatic heterocycles. The molecule has 7 heteroatoms. The molecule has 0 heterocycles. The summed E-state index contributed by atoms with van der Waals surface area (Å²) in [6.07, 6.45) is 4.99. The van der Waals surface area contributed by atoms with Crippen molar-refractivity contribution >= 4 is 20.3 Å². The molecule has 25 heavy (non-hydrogen) atoms. The quantitative estimate of drug-likeness (QED) is 0.381. The summed E-state index contributed by atoms with van der Waals surface area (Å²) in [7, 11) is -2.12. The van der Waals surface area contributed by atoms with Crippen molar-refractivity contribution in [3.8, 4) is 0 Å². The highest BCUT2D eigenvalue weighted by Crippen LogP contribution is 2.37. The Balaban J connectivity index is 5.04. The number of carbonyl (C=O) groups is 2. The third-order valence-electron chi connectivity index (χ3n) is 4.00. The summed E-state index contributed by atoms with van der Waals surface area (Å²) >= 11 is 0. The van der Waals surface area contributed by atoms with Crippen LogP contribution in [0.1, 0.15) is 34.6 Å². The first-order valence-electron chi connectivity index (χ1n) is 8.33.